The fourth-order valence-corrected chi connectivity index (χ4v) is 5.19. The van der Waals surface area contributed by atoms with Crippen molar-refractivity contribution < 1.29 is 14.3 Å². The number of nitrogens with zero attached hydrogens (tertiary/aromatic N) is 1. The monoisotopic (exact) mass is 494 g/mol. The van der Waals surface area contributed by atoms with E-state index < -0.39 is 0 Å². The molecule has 4 aromatic rings. The van der Waals surface area contributed by atoms with E-state index in [4.69, 9.17) is 9.47 Å². The molecule has 1 N–H and O–H groups in total. The SMILES string of the molecule is CCOC(=O)Cc1cc(N2CC[C@H](N[C@H](C)c3cccc4ccccc34)C2)ccc1Oc1ccccc1. The molecule has 1 heterocycles. The highest BCUT2D eigenvalue weighted by atomic mass is 16.5. The van der Waals surface area contributed by atoms with E-state index >= 15 is 0 Å². The van der Waals surface area contributed by atoms with Crippen LogP contribution in [-0.2, 0) is 16.0 Å². The van der Waals surface area contributed by atoms with Gasteiger partial charge >= 0.3 is 5.97 Å². The van der Waals surface area contributed by atoms with Crippen LogP contribution in [0.25, 0.3) is 10.8 Å². The molecule has 5 nitrogen and oxygen atoms in total. The van der Waals surface area contributed by atoms with Crippen molar-refractivity contribution in [3.8, 4) is 11.5 Å². The van der Waals surface area contributed by atoms with Gasteiger partial charge in [-0.25, -0.2) is 0 Å². The van der Waals surface area contributed by atoms with E-state index in [-0.39, 0.29) is 18.4 Å². The normalized spacial score (nSPS) is 16.1. The van der Waals surface area contributed by atoms with Crippen molar-refractivity contribution in [1.29, 1.82) is 0 Å². The van der Waals surface area contributed by atoms with Crippen molar-refractivity contribution in [3.05, 3.63) is 102 Å². The van der Waals surface area contributed by atoms with Gasteiger partial charge in [-0.1, -0.05) is 60.7 Å². The van der Waals surface area contributed by atoms with Crippen molar-refractivity contribution in [2.24, 2.45) is 0 Å². The lowest BCUT2D eigenvalue weighted by Gasteiger charge is -2.23. The third-order valence-corrected chi connectivity index (χ3v) is 6.98. The number of carbonyl (C=O) groups excluding carboxylic acids is 1. The van der Waals surface area contributed by atoms with E-state index in [2.05, 4.69) is 71.7 Å². The fourth-order valence-electron chi connectivity index (χ4n) is 5.19. The number of anilines is 1. The molecular formula is C32H34N2O3. The van der Waals surface area contributed by atoms with Crippen molar-refractivity contribution in [3.63, 3.8) is 0 Å². The van der Waals surface area contributed by atoms with Crippen molar-refractivity contribution in [2.75, 3.05) is 24.6 Å². The zero-order chi connectivity index (χ0) is 25.6. The number of esters is 1. The van der Waals surface area contributed by atoms with Crippen LogP contribution in [-0.4, -0.2) is 31.7 Å². The number of ether oxygens (including phenoxy) is 2. The molecule has 0 aliphatic carbocycles. The molecule has 190 valence electrons. The topological polar surface area (TPSA) is 50.8 Å². The quantitative estimate of drug-likeness (QED) is 0.264. The molecule has 0 saturated carbocycles. The minimum absolute atomic E-state index is 0.178. The van der Waals surface area contributed by atoms with Crippen LogP contribution in [0.5, 0.6) is 11.5 Å². The van der Waals surface area contributed by atoms with Crippen LogP contribution in [0.15, 0.2) is 91.0 Å². The first-order valence-corrected chi connectivity index (χ1v) is 13.1. The molecule has 1 saturated heterocycles. The Balaban J connectivity index is 1.30. The maximum Gasteiger partial charge on any atom is 0.310 e. The number of para-hydroxylation sites is 1. The van der Waals surface area contributed by atoms with Gasteiger partial charge in [0.2, 0.25) is 0 Å². The van der Waals surface area contributed by atoms with E-state index in [0.717, 1.165) is 36.5 Å². The Labute approximate surface area is 219 Å². The maximum atomic E-state index is 12.3. The van der Waals surface area contributed by atoms with Gasteiger partial charge in [0.1, 0.15) is 11.5 Å². The molecule has 0 aromatic heterocycles. The Morgan fingerprint density at radius 2 is 1.78 bits per heavy atom. The third kappa shape index (κ3) is 5.95. The summed E-state index contributed by atoms with van der Waals surface area (Å²) in [6.45, 7) is 6.30. The molecule has 0 spiro atoms. The average molecular weight is 495 g/mol. The Morgan fingerprint density at radius 1 is 1.00 bits per heavy atom. The molecule has 1 fully saturated rings. The van der Waals surface area contributed by atoms with Crippen LogP contribution < -0.4 is 15.0 Å². The molecule has 1 aliphatic rings. The molecule has 0 radical (unpaired) electrons. The van der Waals surface area contributed by atoms with Crippen LogP contribution in [0.4, 0.5) is 5.69 Å². The van der Waals surface area contributed by atoms with E-state index in [1.165, 1.54) is 16.3 Å². The Morgan fingerprint density at radius 3 is 2.62 bits per heavy atom. The summed E-state index contributed by atoms with van der Waals surface area (Å²) in [7, 11) is 0. The largest absolute Gasteiger partial charge is 0.466 e. The highest BCUT2D eigenvalue weighted by Crippen LogP contribution is 2.32. The van der Waals surface area contributed by atoms with Crippen LogP contribution in [0.2, 0.25) is 0 Å². The van der Waals surface area contributed by atoms with Gasteiger partial charge in [-0.2, -0.15) is 0 Å². The molecule has 5 rings (SSSR count). The number of fused-ring (bicyclic) bond motifs is 1. The third-order valence-electron chi connectivity index (χ3n) is 6.98. The standard InChI is InChI=1S/C32H34N2O3/c1-3-36-32(35)21-25-20-27(16-17-31(25)37-28-12-5-4-6-13-28)34-19-18-26(22-34)33-23(2)29-15-9-11-24-10-7-8-14-30(24)29/h4-17,20,23,26,33H,3,18-19,21-22H2,1-2H3/t23-,26+/m1/s1. The number of rotatable bonds is 9. The van der Waals surface area contributed by atoms with Gasteiger partial charge in [0.05, 0.1) is 13.0 Å². The van der Waals surface area contributed by atoms with Gasteiger partial charge < -0.3 is 19.7 Å². The zero-order valence-corrected chi connectivity index (χ0v) is 21.5. The summed E-state index contributed by atoms with van der Waals surface area (Å²) in [5.41, 5.74) is 3.26. The van der Waals surface area contributed by atoms with Gasteiger partial charge in [-0.05, 0) is 66.9 Å². The summed E-state index contributed by atoms with van der Waals surface area (Å²) in [6.07, 6.45) is 1.24. The number of carbonyl (C=O) groups is 1. The van der Waals surface area contributed by atoms with Crippen molar-refractivity contribution in [2.45, 2.75) is 38.8 Å². The fraction of sp³-hybridized carbons (Fsp3) is 0.281. The minimum Gasteiger partial charge on any atom is -0.466 e. The number of hydrogen-bond donors (Lipinski definition) is 1. The molecule has 37 heavy (non-hydrogen) atoms. The van der Waals surface area contributed by atoms with Gasteiger partial charge in [0.15, 0.2) is 0 Å². The first-order valence-electron chi connectivity index (χ1n) is 13.1. The van der Waals surface area contributed by atoms with E-state index in [1.54, 1.807) is 0 Å². The summed E-state index contributed by atoms with van der Waals surface area (Å²) >= 11 is 0. The Bertz CT molecular complexity index is 1350. The van der Waals surface area contributed by atoms with Crippen LogP contribution in [0.3, 0.4) is 0 Å². The van der Waals surface area contributed by atoms with E-state index in [0.29, 0.717) is 18.4 Å². The van der Waals surface area contributed by atoms with Gasteiger partial charge in [0, 0.05) is 36.4 Å². The summed E-state index contributed by atoms with van der Waals surface area (Å²) < 4.78 is 11.4. The average Bonchev–Trinajstić information content (AvgIpc) is 3.38. The van der Waals surface area contributed by atoms with Gasteiger partial charge in [-0.3, -0.25) is 4.79 Å². The highest BCUT2D eigenvalue weighted by molar-refractivity contribution is 5.86. The predicted molar refractivity (Wildman–Crippen MR) is 149 cm³/mol. The zero-order valence-electron chi connectivity index (χ0n) is 21.5. The number of nitrogens with one attached hydrogen (secondary N) is 1. The van der Waals surface area contributed by atoms with Crippen molar-refractivity contribution in [1.82, 2.24) is 5.32 Å². The molecule has 1 aliphatic heterocycles. The van der Waals surface area contributed by atoms with Crippen molar-refractivity contribution >= 4 is 22.4 Å². The lowest BCUT2D eigenvalue weighted by Crippen LogP contribution is -2.34. The first kappa shape index (κ1) is 24.8. The lowest BCUT2D eigenvalue weighted by molar-refractivity contribution is -0.142. The van der Waals surface area contributed by atoms with Gasteiger partial charge in [0.25, 0.3) is 0 Å². The summed E-state index contributed by atoms with van der Waals surface area (Å²) in [5, 5.41) is 6.43. The smallest absolute Gasteiger partial charge is 0.310 e. The second-order valence-electron chi connectivity index (χ2n) is 9.58. The van der Waals surface area contributed by atoms with Crippen LogP contribution >= 0.6 is 0 Å². The maximum absolute atomic E-state index is 12.3. The highest BCUT2D eigenvalue weighted by Gasteiger charge is 2.25. The summed E-state index contributed by atoms with van der Waals surface area (Å²) in [4.78, 5) is 14.7. The van der Waals surface area contributed by atoms with E-state index in [9.17, 15) is 4.79 Å². The molecular weight excluding hydrogens is 460 g/mol. The summed E-state index contributed by atoms with van der Waals surface area (Å²) in [6, 6.07) is 31.5. The molecule has 5 heteroatoms. The minimum atomic E-state index is -0.248. The van der Waals surface area contributed by atoms with Crippen LogP contribution in [0, 0.1) is 0 Å². The Kier molecular flexibility index (Phi) is 7.71. The first-order chi connectivity index (χ1) is 18.1. The molecule has 0 unspecified atom stereocenters. The lowest BCUT2D eigenvalue weighted by atomic mass is 9.99. The van der Waals surface area contributed by atoms with E-state index in [1.807, 2.05) is 43.3 Å². The number of hydrogen-bond acceptors (Lipinski definition) is 5. The molecule has 2 atom stereocenters. The predicted octanol–water partition coefficient (Wildman–Crippen LogP) is 6.67. The summed E-state index contributed by atoms with van der Waals surface area (Å²) in [5.74, 6) is 1.18. The van der Waals surface area contributed by atoms with Gasteiger partial charge in [-0.15, -0.1) is 0 Å². The Hall–Kier alpha value is -3.83. The second kappa shape index (κ2) is 11.5. The molecule has 0 bridgehead atoms. The molecule has 0 amide bonds. The van der Waals surface area contributed by atoms with Crippen LogP contribution in [0.1, 0.15) is 37.4 Å². The number of benzene rings is 4. The molecule has 4 aromatic carbocycles. The second-order valence-corrected chi connectivity index (χ2v) is 9.58.